The van der Waals surface area contributed by atoms with Gasteiger partial charge in [-0.2, -0.15) is 0 Å². The van der Waals surface area contributed by atoms with Crippen LogP contribution in [0.5, 0.6) is 0 Å². The van der Waals surface area contributed by atoms with Crippen LogP contribution in [-0.4, -0.2) is 23.6 Å². The minimum Gasteiger partial charge on any atom is -0.351 e. The second-order valence-corrected chi connectivity index (χ2v) is 5.92. The van der Waals surface area contributed by atoms with Gasteiger partial charge >= 0.3 is 0 Å². The zero-order chi connectivity index (χ0) is 14.5. The summed E-state index contributed by atoms with van der Waals surface area (Å²) >= 11 is 0. The van der Waals surface area contributed by atoms with Crippen LogP contribution in [-0.2, 0) is 6.54 Å². The van der Waals surface area contributed by atoms with Gasteiger partial charge in [-0.15, -0.1) is 0 Å². The number of nitrogens with one attached hydrogen (secondary N) is 1. The summed E-state index contributed by atoms with van der Waals surface area (Å²) in [6.07, 6.45) is 6.28. The minimum absolute atomic E-state index is 0.149. The number of halogens is 1. The van der Waals surface area contributed by atoms with Crippen LogP contribution >= 0.6 is 0 Å². The van der Waals surface area contributed by atoms with Crippen LogP contribution in [0.3, 0.4) is 0 Å². The van der Waals surface area contributed by atoms with E-state index in [4.69, 9.17) is 0 Å². The predicted octanol–water partition coefficient (Wildman–Crippen LogP) is 3.49. The van der Waals surface area contributed by atoms with Crippen molar-refractivity contribution < 1.29 is 4.39 Å². The van der Waals surface area contributed by atoms with Crippen molar-refractivity contribution in [2.45, 2.75) is 65.1 Å². The van der Waals surface area contributed by atoms with Gasteiger partial charge in [0.2, 0.25) is 0 Å². The number of nitrogens with zero attached hydrogens (tertiary/aromatic N) is 2. The molecule has 0 bridgehead atoms. The largest absolute Gasteiger partial charge is 0.351 e. The van der Waals surface area contributed by atoms with Gasteiger partial charge in [-0.25, -0.2) is 9.37 Å². The zero-order valence-electron chi connectivity index (χ0n) is 12.8. The molecule has 1 aliphatic carbocycles. The Bertz CT molecular complexity index is 430. The molecule has 0 aromatic carbocycles. The van der Waals surface area contributed by atoms with Crippen molar-refractivity contribution in [1.29, 1.82) is 0 Å². The van der Waals surface area contributed by atoms with Crippen molar-refractivity contribution >= 4 is 5.82 Å². The zero-order valence-corrected chi connectivity index (χ0v) is 12.8. The maximum Gasteiger partial charge on any atom is 0.170 e. The number of hydrogen-bond donors (Lipinski definition) is 1. The fourth-order valence-electron chi connectivity index (χ4n) is 2.30. The molecule has 0 atom stereocenters. The summed E-state index contributed by atoms with van der Waals surface area (Å²) in [7, 11) is 0. The maximum atomic E-state index is 14.6. The van der Waals surface area contributed by atoms with Gasteiger partial charge in [-0.1, -0.05) is 27.2 Å². The summed E-state index contributed by atoms with van der Waals surface area (Å²) in [5, 5.41) is 3.27. The van der Waals surface area contributed by atoms with Gasteiger partial charge in [-0.3, -0.25) is 0 Å². The first kappa shape index (κ1) is 15.2. The van der Waals surface area contributed by atoms with E-state index < -0.39 is 0 Å². The molecule has 20 heavy (non-hydrogen) atoms. The highest BCUT2D eigenvalue weighted by atomic mass is 19.1. The average molecular weight is 279 g/mol. The third-order valence-corrected chi connectivity index (χ3v) is 3.66. The molecule has 1 aromatic heterocycles. The second-order valence-electron chi connectivity index (χ2n) is 5.92. The Kier molecular flexibility index (Phi) is 5.35. The first-order valence-electron chi connectivity index (χ1n) is 7.76. The highest BCUT2D eigenvalue weighted by molar-refractivity contribution is 5.45. The van der Waals surface area contributed by atoms with Crippen molar-refractivity contribution in [3.05, 3.63) is 23.6 Å². The van der Waals surface area contributed by atoms with Gasteiger partial charge in [0, 0.05) is 36.9 Å². The van der Waals surface area contributed by atoms with E-state index in [0.717, 1.165) is 19.4 Å². The smallest absolute Gasteiger partial charge is 0.170 e. The molecule has 1 heterocycles. The SMILES string of the molecule is CCCCN(c1nccc(CNC(C)C)c1F)C1CC1. The number of hydrogen-bond acceptors (Lipinski definition) is 3. The molecule has 1 aliphatic rings. The van der Waals surface area contributed by atoms with Gasteiger partial charge in [0.1, 0.15) is 0 Å². The molecule has 0 radical (unpaired) electrons. The third-order valence-electron chi connectivity index (χ3n) is 3.66. The van der Waals surface area contributed by atoms with E-state index in [1.807, 2.05) is 0 Å². The van der Waals surface area contributed by atoms with Crippen LogP contribution in [0.1, 0.15) is 52.0 Å². The molecule has 4 heteroatoms. The molecule has 1 saturated carbocycles. The molecule has 112 valence electrons. The topological polar surface area (TPSA) is 28.2 Å². The van der Waals surface area contributed by atoms with Gasteiger partial charge in [0.15, 0.2) is 11.6 Å². The summed E-state index contributed by atoms with van der Waals surface area (Å²) in [6.45, 7) is 7.77. The Balaban J connectivity index is 2.14. The molecule has 0 unspecified atom stereocenters. The van der Waals surface area contributed by atoms with E-state index in [9.17, 15) is 4.39 Å². The van der Waals surface area contributed by atoms with Crippen LogP contribution in [0, 0.1) is 5.82 Å². The van der Waals surface area contributed by atoms with E-state index >= 15 is 0 Å². The quantitative estimate of drug-likeness (QED) is 0.789. The van der Waals surface area contributed by atoms with E-state index in [1.165, 1.54) is 12.8 Å². The molecule has 3 nitrogen and oxygen atoms in total. The first-order chi connectivity index (χ1) is 9.63. The number of unbranched alkanes of at least 4 members (excludes halogenated alkanes) is 1. The molecule has 1 aromatic rings. The highest BCUT2D eigenvalue weighted by Gasteiger charge is 2.31. The molecule has 0 spiro atoms. The fraction of sp³-hybridized carbons (Fsp3) is 0.688. The molecule has 0 aliphatic heterocycles. The van der Waals surface area contributed by atoms with Crippen LogP contribution in [0.25, 0.3) is 0 Å². The van der Waals surface area contributed by atoms with Crippen LogP contribution < -0.4 is 10.2 Å². The van der Waals surface area contributed by atoms with Crippen molar-refractivity contribution in [3.8, 4) is 0 Å². The Morgan fingerprint density at radius 1 is 1.45 bits per heavy atom. The number of pyridine rings is 1. The lowest BCUT2D eigenvalue weighted by atomic mass is 10.2. The van der Waals surface area contributed by atoms with Crippen molar-refractivity contribution in [3.63, 3.8) is 0 Å². The summed E-state index contributed by atoms with van der Waals surface area (Å²) in [5.41, 5.74) is 0.714. The second kappa shape index (κ2) is 7.02. The van der Waals surface area contributed by atoms with E-state index in [2.05, 4.69) is 36.0 Å². The first-order valence-corrected chi connectivity index (χ1v) is 7.76. The van der Waals surface area contributed by atoms with E-state index in [1.54, 1.807) is 12.3 Å². The molecule has 1 fully saturated rings. The third kappa shape index (κ3) is 3.92. The van der Waals surface area contributed by atoms with Gasteiger partial charge < -0.3 is 10.2 Å². The Morgan fingerprint density at radius 3 is 2.80 bits per heavy atom. The van der Waals surface area contributed by atoms with Crippen LogP contribution in [0.15, 0.2) is 12.3 Å². The van der Waals surface area contributed by atoms with Crippen molar-refractivity contribution in [1.82, 2.24) is 10.3 Å². The molecule has 0 amide bonds. The molecular formula is C16H26FN3. The van der Waals surface area contributed by atoms with Crippen molar-refractivity contribution in [2.75, 3.05) is 11.4 Å². The number of rotatable bonds is 8. The van der Waals surface area contributed by atoms with Crippen molar-refractivity contribution in [2.24, 2.45) is 0 Å². The van der Waals surface area contributed by atoms with E-state index in [0.29, 0.717) is 30.0 Å². The Morgan fingerprint density at radius 2 is 2.20 bits per heavy atom. The number of aromatic nitrogens is 1. The normalized spacial score (nSPS) is 14.8. The molecule has 1 N–H and O–H groups in total. The fourth-order valence-corrected chi connectivity index (χ4v) is 2.30. The Labute approximate surface area is 121 Å². The van der Waals surface area contributed by atoms with Crippen LogP contribution in [0.4, 0.5) is 10.2 Å². The van der Waals surface area contributed by atoms with E-state index in [-0.39, 0.29) is 5.82 Å². The monoisotopic (exact) mass is 279 g/mol. The standard InChI is InChI=1S/C16H26FN3/c1-4-5-10-20(14-6-7-14)16-15(17)13(8-9-18-16)11-19-12(2)3/h8-9,12,14,19H,4-7,10-11H2,1-3H3. The number of anilines is 1. The van der Waals surface area contributed by atoms with Crippen LogP contribution in [0.2, 0.25) is 0 Å². The Hall–Kier alpha value is -1.16. The predicted molar refractivity (Wildman–Crippen MR) is 81.4 cm³/mol. The molecule has 2 rings (SSSR count). The average Bonchev–Trinajstić information content (AvgIpc) is 3.24. The molecule has 0 saturated heterocycles. The lowest BCUT2D eigenvalue weighted by Gasteiger charge is -2.24. The summed E-state index contributed by atoms with van der Waals surface area (Å²) in [6, 6.07) is 2.63. The summed E-state index contributed by atoms with van der Waals surface area (Å²) in [5.74, 6) is 0.396. The molecular weight excluding hydrogens is 253 g/mol. The van der Waals surface area contributed by atoms with Gasteiger partial charge in [0.25, 0.3) is 0 Å². The summed E-state index contributed by atoms with van der Waals surface area (Å²) < 4.78 is 14.6. The van der Waals surface area contributed by atoms with Gasteiger partial charge in [-0.05, 0) is 25.3 Å². The lowest BCUT2D eigenvalue weighted by molar-refractivity contribution is 0.545. The minimum atomic E-state index is -0.149. The summed E-state index contributed by atoms with van der Waals surface area (Å²) in [4.78, 5) is 6.47. The maximum absolute atomic E-state index is 14.6. The highest BCUT2D eigenvalue weighted by Crippen LogP contribution is 2.32. The lowest BCUT2D eigenvalue weighted by Crippen LogP contribution is -2.29. The van der Waals surface area contributed by atoms with Gasteiger partial charge in [0.05, 0.1) is 0 Å².